The summed E-state index contributed by atoms with van der Waals surface area (Å²) in [5, 5.41) is 2.95. The fourth-order valence-electron chi connectivity index (χ4n) is 2.92. The minimum Gasteiger partial charge on any atom is -0.349 e. The highest BCUT2D eigenvalue weighted by molar-refractivity contribution is 7.92. The van der Waals surface area contributed by atoms with Crippen LogP contribution in [0.3, 0.4) is 0 Å². The fraction of sp³-hybridized carbons (Fsp3) is 0.350. The zero-order chi connectivity index (χ0) is 19.4. The Kier molecular flexibility index (Phi) is 6.08. The lowest BCUT2D eigenvalue weighted by Crippen LogP contribution is -2.50. The van der Waals surface area contributed by atoms with Crippen molar-refractivity contribution in [2.24, 2.45) is 0 Å². The molecule has 0 aliphatic heterocycles. The number of hydrogen-bond donors (Lipinski definition) is 1. The molecular formula is C20H26N2O3S. The van der Waals surface area contributed by atoms with E-state index in [2.05, 4.69) is 5.32 Å². The largest absolute Gasteiger partial charge is 0.349 e. The molecule has 2 aromatic carbocycles. The summed E-state index contributed by atoms with van der Waals surface area (Å²) in [4.78, 5) is 12.6. The maximum absolute atomic E-state index is 12.6. The van der Waals surface area contributed by atoms with Gasteiger partial charge in [-0.1, -0.05) is 48.5 Å². The van der Waals surface area contributed by atoms with Gasteiger partial charge in [-0.25, -0.2) is 8.42 Å². The number of amides is 1. The highest BCUT2D eigenvalue weighted by Crippen LogP contribution is 2.22. The van der Waals surface area contributed by atoms with E-state index in [1.807, 2.05) is 63.2 Å². The third kappa shape index (κ3) is 5.59. The Bertz CT molecular complexity index is 862. The van der Waals surface area contributed by atoms with Crippen molar-refractivity contribution in [3.8, 4) is 0 Å². The normalized spacial score (nSPS) is 11.8. The monoisotopic (exact) mass is 374 g/mol. The molecule has 0 heterocycles. The minimum absolute atomic E-state index is 0.248. The van der Waals surface area contributed by atoms with Crippen LogP contribution in [-0.2, 0) is 21.2 Å². The number of para-hydroxylation sites is 1. The minimum atomic E-state index is -3.58. The molecule has 0 bridgehead atoms. The van der Waals surface area contributed by atoms with Gasteiger partial charge in [-0.3, -0.25) is 9.10 Å². The number of benzene rings is 2. The number of carbonyl (C=O) groups is 1. The summed E-state index contributed by atoms with van der Waals surface area (Å²) >= 11 is 0. The molecule has 0 spiro atoms. The van der Waals surface area contributed by atoms with Gasteiger partial charge in [-0.05, 0) is 44.4 Å². The van der Waals surface area contributed by atoms with Crippen LogP contribution in [0, 0.1) is 6.92 Å². The van der Waals surface area contributed by atoms with Gasteiger partial charge in [0.2, 0.25) is 15.9 Å². The first kappa shape index (κ1) is 20.0. The summed E-state index contributed by atoms with van der Waals surface area (Å²) in [7, 11) is -3.58. The number of aryl methyl sites for hydroxylation is 1. The van der Waals surface area contributed by atoms with E-state index in [9.17, 15) is 13.2 Å². The van der Waals surface area contributed by atoms with Crippen molar-refractivity contribution >= 4 is 21.6 Å². The number of hydrogen-bond acceptors (Lipinski definition) is 3. The van der Waals surface area contributed by atoms with E-state index >= 15 is 0 Å². The summed E-state index contributed by atoms with van der Waals surface area (Å²) in [6.45, 7) is 5.43. The van der Waals surface area contributed by atoms with Crippen molar-refractivity contribution < 1.29 is 13.2 Å². The van der Waals surface area contributed by atoms with Gasteiger partial charge < -0.3 is 5.32 Å². The maximum atomic E-state index is 12.6. The smallest absolute Gasteiger partial charge is 0.241 e. The number of anilines is 1. The fourth-order valence-corrected chi connectivity index (χ4v) is 3.84. The van der Waals surface area contributed by atoms with Crippen molar-refractivity contribution in [1.29, 1.82) is 0 Å². The van der Waals surface area contributed by atoms with E-state index < -0.39 is 15.6 Å². The predicted molar refractivity (Wildman–Crippen MR) is 106 cm³/mol. The van der Waals surface area contributed by atoms with Crippen LogP contribution in [0.4, 0.5) is 5.69 Å². The van der Waals surface area contributed by atoms with Crippen LogP contribution in [0.25, 0.3) is 0 Å². The molecule has 2 rings (SSSR count). The Morgan fingerprint density at radius 2 is 1.62 bits per heavy atom. The van der Waals surface area contributed by atoms with Crippen LogP contribution in [0.1, 0.15) is 25.0 Å². The number of nitrogens with one attached hydrogen (secondary N) is 1. The summed E-state index contributed by atoms with van der Waals surface area (Å²) in [6, 6.07) is 17.0. The van der Waals surface area contributed by atoms with Crippen molar-refractivity contribution in [2.45, 2.75) is 32.7 Å². The Balaban J connectivity index is 2.14. The van der Waals surface area contributed by atoms with Gasteiger partial charge in [0.15, 0.2) is 0 Å². The van der Waals surface area contributed by atoms with Gasteiger partial charge in [-0.2, -0.15) is 0 Å². The van der Waals surface area contributed by atoms with E-state index in [0.29, 0.717) is 12.1 Å². The van der Waals surface area contributed by atoms with Crippen LogP contribution in [0.5, 0.6) is 0 Å². The van der Waals surface area contributed by atoms with E-state index in [4.69, 9.17) is 0 Å². The summed E-state index contributed by atoms with van der Waals surface area (Å²) in [5.41, 5.74) is 1.94. The highest BCUT2D eigenvalue weighted by atomic mass is 32.2. The molecule has 0 saturated carbocycles. The molecule has 5 nitrogen and oxygen atoms in total. The lowest BCUT2D eigenvalue weighted by Gasteiger charge is -2.29. The van der Waals surface area contributed by atoms with E-state index in [1.54, 1.807) is 12.1 Å². The second-order valence-electron chi connectivity index (χ2n) is 7.15. The zero-order valence-electron chi connectivity index (χ0n) is 15.7. The summed E-state index contributed by atoms with van der Waals surface area (Å²) in [5.74, 6) is -0.334. The molecule has 1 N–H and O–H groups in total. The molecule has 0 fully saturated rings. The van der Waals surface area contributed by atoms with Crippen molar-refractivity contribution in [1.82, 2.24) is 5.32 Å². The molecule has 0 unspecified atom stereocenters. The SMILES string of the molecule is Cc1ccccc1N(CC(=O)NC(C)(C)Cc1ccccc1)S(C)(=O)=O. The first-order valence-corrected chi connectivity index (χ1v) is 10.3. The third-order valence-corrected chi connectivity index (χ3v) is 5.16. The van der Waals surface area contributed by atoms with Crippen LogP contribution < -0.4 is 9.62 Å². The molecule has 0 atom stereocenters. The van der Waals surface area contributed by atoms with Gasteiger partial charge >= 0.3 is 0 Å². The van der Waals surface area contributed by atoms with Gasteiger partial charge in [0.1, 0.15) is 6.54 Å². The summed E-state index contributed by atoms with van der Waals surface area (Å²) < 4.78 is 25.6. The van der Waals surface area contributed by atoms with E-state index in [0.717, 1.165) is 21.7 Å². The van der Waals surface area contributed by atoms with Crippen molar-refractivity contribution in [3.63, 3.8) is 0 Å². The highest BCUT2D eigenvalue weighted by Gasteiger charge is 2.26. The van der Waals surface area contributed by atoms with Gasteiger partial charge in [-0.15, -0.1) is 0 Å². The second-order valence-corrected chi connectivity index (χ2v) is 9.06. The average molecular weight is 375 g/mol. The Morgan fingerprint density at radius 1 is 1.04 bits per heavy atom. The Morgan fingerprint density at radius 3 is 2.19 bits per heavy atom. The molecular weight excluding hydrogens is 348 g/mol. The summed E-state index contributed by atoms with van der Waals surface area (Å²) in [6.07, 6.45) is 1.77. The van der Waals surface area contributed by atoms with E-state index in [1.165, 1.54) is 0 Å². The molecule has 1 amide bonds. The van der Waals surface area contributed by atoms with E-state index in [-0.39, 0.29) is 12.5 Å². The van der Waals surface area contributed by atoms with Gasteiger partial charge in [0.05, 0.1) is 11.9 Å². The molecule has 2 aromatic rings. The van der Waals surface area contributed by atoms with Crippen LogP contribution >= 0.6 is 0 Å². The average Bonchev–Trinajstić information content (AvgIpc) is 2.52. The molecule has 0 aliphatic carbocycles. The lowest BCUT2D eigenvalue weighted by atomic mass is 9.95. The molecule has 0 aromatic heterocycles. The zero-order valence-corrected chi connectivity index (χ0v) is 16.5. The molecule has 0 radical (unpaired) electrons. The Labute approximate surface area is 156 Å². The molecule has 140 valence electrons. The maximum Gasteiger partial charge on any atom is 0.241 e. The van der Waals surface area contributed by atoms with Gasteiger partial charge in [0, 0.05) is 5.54 Å². The molecule has 6 heteroatoms. The number of nitrogens with zero attached hydrogens (tertiary/aromatic N) is 1. The Hall–Kier alpha value is -2.34. The first-order chi connectivity index (χ1) is 12.1. The van der Waals surface area contributed by atoms with Gasteiger partial charge in [0.25, 0.3) is 0 Å². The lowest BCUT2D eigenvalue weighted by molar-refractivity contribution is -0.121. The van der Waals surface area contributed by atoms with Crippen LogP contribution in [0.2, 0.25) is 0 Å². The van der Waals surface area contributed by atoms with Crippen molar-refractivity contribution in [2.75, 3.05) is 17.1 Å². The first-order valence-electron chi connectivity index (χ1n) is 8.47. The van der Waals surface area contributed by atoms with Crippen molar-refractivity contribution in [3.05, 3.63) is 65.7 Å². The quantitative estimate of drug-likeness (QED) is 0.810. The molecule has 0 saturated heterocycles. The number of sulfonamides is 1. The standard InChI is InChI=1S/C20H26N2O3S/c1-16-10-8-9-13-18(16)22(26(4,24)25)15-19(23)21-20(2,3)14-17-11-6-5-7-12-17/h5-13H,14-15H2,1-4H3,(H,21,23). The number of carbonyl (C=O) groups excluding carboxylic acids is 1. The predicted octanol–water partition coefficient (Wildman–Crippen LogP) is 2.90. The molecule has 26 heavy (non-hydrogen) atoms. The van der Waals surface area contributed by atoms with Crippen LogP contribution in [0.15, 0.2) is 54.6 Å². The number of rotatable bonds is 7. The molecule has 0 aliphatic rings. The second kappa shape index (κ2) is 7.91. The topological polar surface area (TPSA) is 66.5 Å². The van der Waals surface area contributed by atoms with Crippen LogP contribution in [-0.4, -0.2) is 32.7 Å². The third-order valence-electron chi connectivity index (χ3n) is 4.04.